The van der Waals surface area contributed by atoms with E-state index in [9.17, 15) is 8.78 Å². The van der Waals surface area contributed by atoms with Crippen molar-refractivity contribution >= 4 is 0 Å². The average Bonchev–Trinajstić information content (AvgIpc) is 2.26. The van der Waals surface area contributed by atoms with Crippen LogP contribution in [0.4, 0.5) is 8.78 Å². The van der Waals surface area contributed by atoms with Gasteiger partial charge in [-0.1, -0.05) is 12.1 Å². The SMILES string of the molecule is CCOCCC(N)c1ccc(C)c(F)c1F. The van der Waals surface area contributed by atoms with E-state index < -0.39 is 17.7 Å². The quantitative estimate of drug-likeness (QED) is 0.788. The monoisotopic (exact) mass is 229 g/mol. The molecule has 0 aliphatic carbocycles. The molecule has 0 aliphatic rings. The summed E-state index contributed by atoms with van der Waals surface area (Å²) < 4.78 is 31.9. The molecule has 0 aromatic heterocycles. The number of ether oxygens (including phenoxy) is 1. The smallest absolute Gasteiger partial charge is 0.163 e. The van der Waals surface area contributed by atoms with E-state index in [-0.39, 0.29) is 5.56 Å². The van der Waals surface area contributed by atoms with Crippen LogP contribution in [-0.4, -0.2) is 13.2 Å². The molecule has 0 aliphatic heterocycles. The molecule has 1 unspecified atom stereocenters. The Morgan fingerprint density at radius 3 is 2.62 bits per heavy atom. The lowest BCUT2D eigenvalue weighted by Gasteiger charge is -2.13. The van der Waals surface area contributed by atoms with E-state index >= 15 is 0 Å². The highest BCUT2D eigenvalue weighted by Gasteiger charge is 2.16. The lowest BCUT2D eigenvalue weighted by molar-refractivity contribution is 0.139. The van der Waals surface area contributed by atoms with Gasteiger partial charge in [-0.25, -0.2) is 8.78 Å². The zero-order valence-corrected chi connectivity index (χ0v) is 9.59. The third kappa shape index (κ3) is 3.00. The summed E-state index contributed by atoms with van der Waals surface area (Å²) >= 11 is 0. The Kier molecular flexibility index (Phi) is 4.83. The molecule has 4 heteroatoms. The maximum atomic E-state index is 13.5. The van der Waals surface area contributed by atoms with Crippen LogP contribution in [0.1, 0.15) is 30.5 Å². The molecule has 2 N–H and O–H groups in total. The van der Waals surface area contributed by atoms with Gasteiger partial charge >= 0.3 is 0 Å². The summed E-state index contributed by atoms with van der Waals surface area (Å²) in [5, 5.41) is 0. The van der Waals surface area contributed by atoms with Crippen LogP contribution in [0, 0.1) is 18.6 Å². The molecule has 16 heavy (non-hydrogen) atoms. The maximum Gasteiger partial charge on any atom is 0.163 e. The van der Waals surface area contributed by atoms with Gasteiger partial charge < -0.3 is 10.5 Å². The van der Waals surface area contributed by atoms with Crippen molar-refractivity contribution in [3.05, 3.63) is 34.9 Å². The number of halogens is 2. The van der Waals surface area contributed by atoms with Crippen LogP contribution in [0.15, 0.2) is 12.1 Å². The van der Waals surface area contributed by atoms with Gasteiger partial charge in [0, 0.05) is 24.8 Å². The molecule has 0 bridgehead atoms. The second-order valence-electron chi connectivity index (χ2n) is 3.69. The minimum Gasteiger partial charge on any atom is -0.382 e. The minimum absolute atomic E-state index is 0.211. The Balaban J connectivity index is 2.76. The summed E-state index contributed by atoms with van der Waals surface area (Å²) in [5.74, 6) is -1.66. The van der Waals surface area contributed by atoms with Crippen LogP contribution in [0.5, 0.6) is 0 Å². The number of benzene rings is 1. The van der Waals surface area contributed by atoms with Crippen molar-refractivity contribution < 1.29 is 13.5 Å². The van der Waals surface area contributed by atoms with Crippen LogP contribution < -0.4 is 5.73 Å². The Morgan fingerprint density at radius 2 is 2.00 bits per heavy atom. The molecule has 1 aromatic rings. The van der Waals surface area contributed by atoms with Gasteiger partial charge in [-0.3, -0.25) is 0 Å². The molecule has 0 fully saturated rings. The molecule has 0 radical (unpaired) electrons. The van der Waals surface area contributed by atoms with Crippen LogP contribution >= 0.6 is 0 Å². The first-order chi connectivity index (χ1) is 7.57. The second kappa shape index (κ2) is 5.92. The zero-order valence-electron chi connectivity index (χ0n) is 9.59. The van der Waals surface area contributed by atoms with Gasteiger partial charge in [-0.2, -0.15) is 0 Å². The van der Waals surface area contributed by atoms with Gasteiger partial charge in [-0.05, 0) is 25.8 Å². The van der Waals surface area contributed by atoms with E-state index in [1.54, 1.807) is 0 Å². The topological polar surface area (TPSA) is 35.2 Å². The van der Waals surface area contributed by atoms with Crippen molar-refractivity contribution in [2.75, 3.05) is 13.2 Å². The Labute approximate surface area is 94.4 Å². The minimum atomic E-state index is -0.844. The van der Waals surface area contributed by atoms with Crippen LogP contribution in [0.25, 0.3) is 0 Å². The van der Waals surface area contributed by atoms with Gasteiger partial charge in [-0.15, -0.1) is 0 Å². The third-order valence-corrected chi connectivity index (χ3v) is 2.48. The molecule has 1 aromatic carbocycles. The average molecular weight is 229 g/mol. The van der Waals surface area contributed by atoms with Gasteiger partial charge in [0.25, 0.3) is 0 Å². The number of nitrogens with two attached hydrogens (primary N) is 1. The first kappa shape index (κ1) is 13.1. The number of hydrogen-bond donors (Lipinski definition) is 1. The Morgan fingerprint density at radius 1 is 1.31 bits per heavy atom. The van der Waals surface area contributed by atoms with Crippen molar-refractivity contribution in [1.29, 1.82) is 0 Å². The summed E-state index contributed by atoms with van der Waals surface area (Å²) in [7, 11) is 0. The molecule has 0 spiro atoms. The molecule has 90 valence electrons. The second-order valence-corrected chi connectivity index (χ2v) is 3.69. The molecule has 0 heterocycles. The largest absolute Gasteiger partial charge is 0.382 e. The summed E-state index contributed by atoms with van der Waals surface area (Å²) in [4.78, 5) is 0. The lowest BCUT2D eigenvalue weighted by atomic mass is 10.0. The van der Waals surface area contributed by atoms with E-state index in [0.29, 0.717) is 25.2 Å². The fourth-order valence-electron chi connectivity index (χ4n) is 1.46. The highest BCUT2D eigenvalue weighted by Crippen LogP contribution is 2.22. The Bertz CT molecular complexity index is 355. The van der Waals surface area contributed by atoms with Gasteiger partial charge in [0.05, 0.1) is 0 Å². The fraction of sp³-hybridized carbons (Fsp3) is 0.500. The number of aryl methyl sites for hydroxylation is 1. The molecular formula is C12H17F2NO. The molecule has 2 nitrogen and oxygen atoms in total. The summed E-state index contributed by atoms with van der Waals surface area (Å²) in [6.07, 6.45) is 0.479. The normalized spacial score (nSPS) is 12.8. The van der Waals surface area contributed by atoms with Gasteiger partial charge in [0.2, 0.25) is 0 Å². The van der Waals surface area contributed by atoms with Crippen molar-refractivity contribution in [2.24, 2.45) is 5.73 Å². The first-order valence-corrected chi connectivity index (χ1v) is 5.35. The highest BCUT2D eigenvalue weighted by atomic mass is 19.2. The van der Waals surface area contributed by atoms with Gasteiger partial charge in [0.1, 0.15) is 0 Å². The highest BCUT2D eigenvalue weighted by molar-refractivity contribution is 5.27. The first-order valence-electron chi connectivity index (χ1n) is 5.35. The molecular weight excluding hydrogens is 212 g/mol. The van der Waals surface area contributed by atoms with Crippen LogP contribution in [0.3, 0.4) is 0 Å². The van der Waals surface area contributed by atoms with Crippen LogP contribution in [0.2, 0.25) is 0 Å². The summed E-state index contributed by atoms with van der Waals surface area (Å²) in [5.41, 5.74) is 6.27. The molecule has 0 saturated carbocycles. The van der Waals surface area contributed by atoms with E-state index in [1.165, 1.54) is 19.1 Å². The molecule has 0 saturated heterocycles. The standard InChI is InChI=1S/C12H17F2NO/c1-3-16-7-6-10(15)9-5-4-8(2)11(13)12(9)14/h4-5,10H,3,6-7,15H2,1-2H3. The molecule has 1 atom stereocenters. The summed E-state index contributed by atoms with van der Waals surface area (Å²) in [6.45, 7) is 4.44. The van der Waals surface area contributed by atoms with Crippen molar-refractivity contribution in [1.82, 2.24) is 0 Å². The van der Waals surface area contributed by atoms with E-state index in [2.05, 4.69) is 0 Å². The van der Waals surface area contributed by atoms with E-state index in [0.717, 1.165) is 0 Å². The van der Waals surface area contributed by atoms with Crippen LogP contribution in [-0.2, 0) is 4.74 Å². The fourth-order valence-corrected chi connectivity index (χ4v) is 1.46. The number of rotatable bonds is 5. The Hall–Kier alpha value is -1.00. The van der Waals surface area contributed by atoms with E-state index in [4.69, 9.17) is 10.5 Å². The van der Waals surface area contributed by atoms with Gasteiger partial charge in [0.15, 0.2) is 11.6 Å². The van der Waals surface area contributed by atoms with E-state index in [1.807, 2.05) is 6.92 Å². The number of hydrogen-bond acceptors (Lipinski definition) is 2. The van der Waals surface area contributed by atoms with Crippen molar-refractivity contribution in [3.63, 3.8) is 0 Å². The van der Waals surface area contributed by atoms with Crippen molar-refractivity contribution in [3.8, 4) is 0 Å². The predicted octanol–water partition coefficient (Wildman–Crippen LogP) is 2.70. The predicted molar refractivity (Wildman–Crippen MR) is 59.1 cm³/mol. The molecule has 0 amide bonds. The summed E-state index contributed by atoms with van der Waals surface area (Å²) in [6, 6.07) is 2.54. The van der Waals surface area contributed by atoms with Crippen molar-refractivity contribution in [2.45, 2.75) is 26.3 Å². The lowest BCUT2D eigenvalue weighted by Crippen LogP contribution is -2.15. The third-order valence-electron chi connectivity index (χ3n) is 2.48. The zero-order chi connectivity index (χ0) is 12.1. The molecule has 1 rings (SSSR count). The maximum absolute atomic E-state index is 13.5.